The van der Waals surface area contributed by atoms with Crippen LogP contribution in [0.25, 0.3) is 0 Å². The minimum Gasteiger partial charge on any atom is -0.504 e. The number of fused-ring (bicyclic) bond motifs is 1. The van der Waals surface area contributed by atoms with E-state index in [1.807, 2.05) is 13.8 Å². The van der Waals surface area contributed by atoms with Crippen LogP contribution in [0.5, 0.6) is 17.2 Å². The van der Waals surface area contributed by atoms with Crippen molar-refractivity contribution in [2.75, 3.05) is 6.79 Å². The Morgan fingerprint density at radius 3 is 2.71 bits per heavy atom. The van der Waals surface area contributed by atoms with Gasteiger partial charge in [0.05, 0.1) is 0 Å². The van der Waals surface area contributed by atoms with Crippen LogP contribution in [-0.4, -0.2) is 11.9 Å². The number of benzene rings is 1. The van der Waals surface area contributed by atoms with Crippen molar-refractivity contribution in [3.05, 3.63) is 17.7 Å². The fraction of sp³-hybridized carbons (Fsp3) is 0.400. The highest BCUT2D eigenvalue weighted by Crippen LogP contribution is 2.42. The van der Waals surface area contributed by atoms with Crippen molar-refractivity contribution in [2.45, 2.75) is 19.4 Å². The molecule has 2 rings (SSSR count). The Labute approximate surface area is 82.2 Å². The minimum atomic E-state index is -0.502. The summed E-state index contributed by atoms with van der Waals surface area (Å²) >= 11 is 0. The van der Waals surface area contributed by atoms with Gasteiger partial charge in [-0.25, -0.2) is 0 Å². The maximum atomic E-state index is 9.61. The third-order valence-electron chi connectivity index (χ3n) is 2.20. The predicted molar refractivity (Wildman–Crippen MR) is 51.4 cm³/mol. The largest absolute Gasteiger partial charge is 0.504 e. The highest BCUT2D eigenvalue weighted by Gasteiger charge is 2.23. The van der Waals surface area contributed by atoms with Gasteiger partial charge in [-0.1, -0.05) is 0 Å². The normalized spacial score (nSPS) is 14.5. The lowest BCUT2D eigenvalue weighted by Crippen LogP contribution is -2.28. The van der Waals surface area contributed by atoms with Crippen LogP contribution in [-0.2, 0) is 5.54 Å². The van der Waals surface area contributed by atoms with Crippen molar-refractivity contribution in [1.29, 1.82) is 0 Å². The first kappa shape index (κ1) is 9.15. The van der Waals surface area contributed by atoms with E-state index in [4.69, 9.17) is 15.2 Å². The predicted octanol–water partition coefficient (Wildman–Crippen LogP) is 1.31. The summed E-state index contributed by atoms with van der Waals surface area (Å²) in [7, 11) is 0. The van der Waals surface area contributed by atoms with Gasteiger partial charge in [-0.05, 0) is 31.5 Å². The van der Waals surface area contributed by atoms with E-state index in [-0.39, 0.29) is 12.5 Å². The summed E-state index contributed by atoms with van der Waals surface area (Å²) in [6.07, 6.45) is 0. The molecule has 1 heterocycles. The van der Waals surface area contributed by atoms with Crippen LogP contribution in [0.15, 0.2) is 12.1 Å². The summed E-state index contributed by atoms with van der Waals surface area (Å²) < 4.78 is 10.3. The summed E-state index contributed by atoms with van der Waals surface area (Å²) in [4.78, 5) is 0. The van der Waals surface area contributed by atoms with Crippen LogP contribution in [0.2, 0.25) is 0 Å². The van der Waals surface area contributed by atoms with Crippen molar-refractivity contribution in [3.8, 4) is 17.2 Å². The first-order valence-corrected chi connectivity index (χ1v) is 4.40. The highest BCUT2D eigenvalue weighted by molar-refractivity contribution is 5.55. The van der Waals surface area contributed by atoms with Gasteiger partial charge in [0.1, 0.15) is 0 Å². The quantitative estimate of drug-likeness (QED) is 0.709. The van der Waals surface area contributed by atoms with E-state index in [0.29, 0.717) is 11.5 Å². The van der Waals surface area contributed by atoms with Gasteiger partial charge >= 0.3 is 0 Å². The Hall–Kier alpha value is -1.42. The fourth-order valence-electron chi connectivity index (χ4n) is 1.36. The van der Waals surface area contributed by atoms with Gasteiger partial charge in [-0.15, -0.1) is 0 Å². The Morgan fingerprint density at radius 1 is 1.36 bits per heavy atom. The molecule has 4 nitrogen and oxygen atoms in total. The Balaban J connectivity index is 2.52. The lowest BCUT2D eigenvalue weighted by atomic mass is 9.95. The summed E-state index contributed by atoms with van der Waals surface area (Å²) in [6.45, 7) is 3.88. The summed E-state index contributed by atoms with van der Waals surface area (Å²) in [5.74, 6) is 1.03. The number of hydrogen-bond donors (Lipinski definition) is 2. The summed E-state index contributed by atoms with van der Waals surface area (Å²) in [5, 5.41) is 9.61. The Bertz CT molecular complexity index is 368. The van der Waals surface area contributed by atoms with Crippen molar-refractivity contribution < 1.29 is 14.6 Å². The van der Waals surface area contributed by atoms with Crippen molar-refractivity contribution in [3.63, 3.8) is 0 Å². The molecule has 1 aliphatic heterocycles. The number of rotatable bonds is 1. The number of hydrogen-bond acceptors (Lipinski definition) is 4. The Morgan fingerprint density at radius 2 is 2.07 bits per heavy atom. The molecule has 0 bridgehead atoms. The van der Waals surface area contributed by atoms with Crippen LogP contribution >= 0.6 is 0 Å². The van der Waals surface area contributed by atoms with Gasteiger partial charge in [-0.3, -0.25) is 0 Å². The first-order chi connectivity index (χ1) is 6.48. The lowest BCUT2D eigenvalue weighted by molar-refractivity contribution is 0.171. The van der Waals surface area contributed by atoms with Crippen LogP contribution < -0.4 is 15.2 Å². The van der Waals surface area contributed by atoms with Gasteiger partial charge in [0.15, 0.2) is 11.5 Å². The molecule has 0 saturated carbocycles. The van der Waals surface area contributed by atoms with Gasteiger partial charge < -0.3 is 20.3 Å². The molecule has 0 spiro atoms. The number of phenolic OH excluding ortho intramolecular Hbond substituents is 1. The number of phenols is 1. The standard InChI is InChI=1S/C10H13NO3/c1-10(2,11)6-3-7(12)9-8(4-6)13-5-14-9/h3-4,12H,5,11H2,1-2H3. The molecular formula is C10H13NO3. The zero-order valence-corrected chi connectivity index (χ0v) is 8.20. The zero-order chi connectivity index (χ0) is 10.3. The van der Waals surface area contributed by atoms with Gasteiger partial charge in [-0.2, -0.15) is 0 Å². The number of aromatic hydroxyl groups is 1. The average molecular weight is 195 g/mol. The van der Waals surface area contributed by atoms with Crippen molar-refractivity contribution in [1.82, 2.24) is 0 Å². The van der Waals surface area contributed by atoms with Crippen molar-refractivity contribution >= 4 is 0 Å². The fourth-order valence-corrected chi connectivity index (χ4v) is 1.36. The molecule has 4 heteroatoms. The second-order valence-corrected chi connectivity index (χ2v) is 3.95. The van der Waals surface area contributed by atoms with Gasteiger partial charge in [0.2, 0.25) is 12.5 Å². The molecule has 76 valence electrons. The molecular weight excluding hydrogens is 182 g/mol. The molecule has 14 heavy (non-hydrogen) atoms. The maximum Gasteiger partial charge on any atom is 0.231 e. The van der Waals surface area contributed by atoms with E-state index in [9.17, 15) is 5.11 Å². The molecule has 0 amide bonds. The molecule has 0 saturated heterocycles. The molecule has 3 N–H and O–H groups in total. The van der Waals surface area contributed by atoms with E-state index in [1.54, 1.807) is 12.1 Å². The molecule has 0 aromatic heterocycles. The molecule has 0 aliphatic carbocycles. The molecule has 1 aromatic rings. The van der Waals surface area contributed by atoms with Gasteiger partial charge in [0, 0.05) is 5.54 Å². The van der Waals surface area contributed by atoms with Crippen molar-refractivity contribution in [2.24, 2.45) is 5.73 Å². The zero-order valence-electron chi connectivity index (χ0n) is 8.20. The van der Waals surface area contributed by atoms with Crippen LogP contribution in [0, 0.1) is 0 Å². The third kappa shape index (κ3) is 1.37. The highest BCUT2D eigenvalue weighted by atomic mass is 16.7. The monoisotopic (exact) mass is 195 g/mol. The first-order valence-electron chi connectivity index (χ1n) is 4.40. The second kappa shape index (κ2) is 2.78. The average Bonchev–Trinajstić information content (AvgIpc) is 2.50. The van der Waals surface area contributed by atoms with Crippen LogP contribution in [0.3, 0.4) is 0 Å². The molecule has 0 radical (unpaired) electrons. The summed E-state index contributed by atoms with van der Waals surface area (Å²) in [6, 6.07) is 3.40. The smallest absolute Gasteiger partial charge is 0.231 e. The van der Waals surface area contributed by atoms with E-state index in [2.05, 4.69) is 0 Å². The Kier molecular flexibility index (Phi) is 1.82. The molecule has 0 unspecified atom stereocenters. The van der Waals surface area contributed by atoms with E-state index >= 15 is 0 Å². The number of nitrogens with two attached hydrogens (primary N) is 1. The molecule has 0 atom stereocenters. The summed E-state index contributed by atoms with van der Waals surface area (Å²) in [5.41, 5.74) is 6.23. The maximum absolute atomic E-state index is 9.61. The van der Waals surface area contributed by atoms with E-state index in [1.165, 1.54) is 0 Å². The second-order valence-electron chi connectivity index (χ2n) is 3.95. The van der Waals surface area contributed by atoms with Crippen LogP contribution in [0.1, 0.15) is 19.4 Å². The molecule has 1 aromatic carbocycles. The topological polar surface area (TPSA) is 64.7 Å². The number of ether oxygens (including phenoxy) is 2. The van der Waals surface area contributed by atoms with Gasteiger partial charge in [0.25, 0.3) is 0 Å². The van der Waals surface area contributed by atoms with E-state index < -0.39 is 5.54 Å². The SMILES string of the molecule is CC(C)(N)c1cc(O)c2c(c1)OCO2. The lowest BCUT2D eigenvalue weighted by Gasteiger charge is -2.19. The molecule has 1 aliphatic rings. The molecule has 0 fully saturated rings. The van der Waals surface area contributed by atoms with Crippen LogP contribution in [0.4, 0.5) is 0 Å². The third-order valence-corrected chi connectivity index (χ3v) is 2.20. The minimum absolute atomic E-state index is 0.0773. The van der Waals surface area contributed by atoms with E-state index in [0.717, 1.165) is 5.56 Å².